The molecular weight excluding hydrogens is 348 g/mol. The summed E-state index contributed by atoms with van der Waals surface area (Å²) < 4.78 is 25.1. The summed E-state index contributed by atoms with van der Waals surface area (Å²) in [5, 5.41) is 2.99. The molecule has 0 aliphatic heterocycles. The average molecular weight is 372 g/mol. The summed E-state index contributed by atoms with van der Waals surface area (Å²) in [4.78, 5) is 12.5. The minimum absolute atomic E-state index is 0.124. The second kappa shape index (κ2) is 7.50. The number of sulfonamides is 1. The minimum atomic E-state index is -3.38. The Kier molecular flexibility index (Phi) is 5.32. The zero-order chi connectivity index (χ0) is 18.7. The second-order valence-corrected chi connectivity index (χ2v) is 8.63. The Morgan fingerprint density at radius 3 is 2.50 bits per heavy atom. The highest BCUT2D eigenvalue weighted by molar-refractivity contribution is 7.92. The maximum atomic E-state index is 12.5. The van der Waals surface area contributed by atoms with Crippen LogP contribution in [0.5, 0.6) is 0 Å². The van der Waals surface area contributed by atoms with Gasteiger partial charge in [0.25, 0.3) is 5.91 Å². The molecule has 0 spiro atoms. The third-order valence-electron chi connectivity index (χ3n) is 4.65. The third kappa shape index (κ3) is 4.64. The summed E-state index contributed by atoms with van der Waals surface area (Å²) in [7, 11) is -3.38. The Balaban J connectivity index is 1.72. The molecule has 5 nitrogen and oxygen atoms in total. The van der Waals surface area contributed by atoms with Crippen LogP contribution in [0.3, 0.4) is 0 Å². The standard InChI is InChI=1S/C20H24N2O3S/c1-14(16-11-10-15-6-3-4-7-17(15)12-16)21-20(23)18-8-5-9-19(13-18)22-26(2,24)25/h5,8-14,22H,3-4,6-7H2,1-2H3,(H,21,23). The van der Waals surface area contributed by atoms with Crippen molar-refractivity contribution in [2.45, 2.75) is 38.6 Å². The molecule has 2 N–H and O–H groups in total. The van der Waals surface area contributed by atoms with E-state index in [0.29, 0.717) is 11.3 Å². The van der Waals surface area contributed by atoms with Crippen LogP contribution in [-0.2, 0) is 22.9 Å². The normalized spacial score (nSPS) is 15.0. The Hall–Kier alpha value is -2.34. The highest BCUT2D eigenvalue weighted by Gasteiger charge is 2.15. The second-order valence-electron chi connectivity index (χ2n) is 6.89. The fourth-order valence-electron chi connectivity index (χ4n) is 3.32. The summed E-state index contributed by atoms with van der Waals surface area (Å²) in [6, 6.07) is 12.8. The molecule has 1 aliphatic carbocycles. The van der Waals surface area contributed by atoms with Crippen molar-refractivity contribution in [2.75, 3.05) is 11.0 Å². The number of anilines is 1. The van der Waals surface area contributed by atoms with Gasteiger partial charge in [0.1, 0.15) is 0 Å². The van der Waals surface area contributed by atoms with Gasteiger partial charge in [-0.15, -0.1) is 0 Å². The van der Waals surface area contributed by atoms with Crippen molar-refractivity contribution in [3.8, 4) is 0 Å². The predicted molar refractivity (Wildman–Crippen MR) is 104 cm³/mol. The molecule has 0 bridgehead atoms. The van der Waals surface area contributed by atoms with Crippen LogP contribution in [0.1, 0.15) is 52.9 Å². The Morgan fingerprint density at radius 2 is 1.77 bits per heavy atom. The number of rotatable bonds is 5. The molecule has 1 unspecified atom stereocenters. The number of fused-ring (bicyclic) bond motifs is 1. The first kappa shape index (κ1) is 18.5. The van der Waals surface area contributed by atoms with Gasteiger partial charge in [-0.25, -0.2) is 8.42 Å². The fraction of sp³-hybridized carbons (Fsp3) is 0.350. The van der Waals surface area contributed by atoms with Gasteiger partial charge in [0.15, 0.2) is 0 Å². The van der Waals surface area contributed by atoms with E-state index in [9.17, 15) is 13.2 Å². The first-order valence-electron chi connectivity index (χ1n) is 8.82. The predicted octanol–water partition coefficient (Wildman–Crippen LogP) is 3.43. The molecule has 1 atom stereocenters. The lowest BCUT2D eigenvalue weighted by Gasteiger charge is -2.20. The molecule has 2 aromatic carbocycles. The van der Waals surface area contributed by atoms with Crippen LogP contribution in [0, 0.1) is 0 Å². The van der Waals surface area contributed by atoms with E-state index in [-0.39, 0.29) is 11.9 Å². The molecule has 0 radical (unpaired) electrons. The number of hydrogen-bond donors (Lipinski definition) is 2. The zero-order valence-corrected chi connectivity index (χ0v) is 15.9. The number of amides is 1. The summed E-state index contributed by atoms with van der Waals surface area (Å²) >= 11 is 0. The van der Waals surface area contributed by atoms with Crippen molar-refractivity contribution in [1.29, 1.82) is 0 Å². The number of carbonyl (C=O) groups excluding carboxylic acids is 1. The van der Waals surface area contributed by atoms with E-state index in [4.69, 9.17) is 0 Å². The molecule has 0 saturated carbocycles. The fourth-order valence-corrected chi connectivity index (χ4v) is 3.88. The highest BCUT2D eigenvalue weighted by atomic mass is 32.2. The lowest BCUT2D eigenvalue weighted by Crippen LogP contribution is -2.27. The largest absolute Gasteiger partial charge is 0.346 e. The van der Waals surface area contributed by atoms with Crippen molar-refractivity contribution >= 4 is 21.6 Å². The van der Waals surface area contributed by atoms with Crippen LogP contribution in [0.15, 0.2) is 42.5 Å². The maximum Gasteiger partial charge on any atom is 0.251 e. The molecule has 138 valence electrons. The molecule has 0 saturated heterocycles. The van der Waals surface area contributed by atoms with E-state index >= 15 is 0 Å². The lowest BCUT2D eigenvalue weighted by atomic mass is 9.89. The van der Waals surface area contributed by atoms with E-state index in [2.05, 4.69) is 28.2 Å². The molecule has 0 aromatic heterocycles. The summed E-state index contributed by atoms with van der Waals surface area (Å²) in [5.74, 6) is -0.229. The SMILES string of the molecule is CC(NC(=O)c1cccc(NS(C)(=O)=O)c1)c1ccc2c(c1)CCCC2. The van der Waals surface area contributed by atoms with Crippen LogP contribution in [0.2, 0.25) is 0 Å². The van der Waals surface area contributed by atoms with Crippen molar-refractivity contribution in [2.24, 2.45) is 0 Å². The zero-order valence-electron chi connectivity index (χ0n) is 15.1. The molecule has 6 heteroatoms. The molecule has 1 aliphatic rings. The first-order chi connectivity index (χ1) is 12.3. The van der Waals surface area contributed by atoms with Gasteiger partial charge >= 0.3 is 0 Å². The van der Waals surface area contributed by atoms with Gasteiger partial charge in [-0.1, -0.05) is 24.3 Å². The molecule has 26 heavy (non-hydrogen) atoms. The monoisotopic (exact) mass is 372 g/mol. The van der Waals surface area contributed by atoms with E-state index in [0.717, 1.165) is 24.7 Å². The van der Waals surface area contributed by atoms with Crippen molar-refractivity contribution in [3.05, 3.63) is 64.7 Å². The topological polar surface area (TPSA) is 75.3 Å². The third-order valence-corrected chi connectivity index (χ3v) is 5.25. The Bertz CT molecular complexity index is 922. The molecule has 3 rings (SSSR count). The van der Waals surface area contributed by atoms with E-state index in [1.165, 1.54) is 30.0 Å². The number of carbonyl (C=O) groups is 1. The maximum absolute atomic E-state index is 12.5. The van der Waals surface area contributed by atoms with Crippen molar-refractivity contribution < 1.29 is 13.2 Å². The number of nitrogens with one attached hydrogen (secondary N) is 2. The quantitative estimate of drug-likeness (QED) is 0.844. The Morgan fingerprint density at radius 1 is 1.04 bits per heavy atom. The van der Waals surface area contributed by atoms with Crippen LogP contribution in [0.4, 0.5) is 5.69 Å². The smallest absolute Gasteiger partial charge is 0.251 e. The van der Waals surface area contributed by atoms with Gasteiger partial charge in [-0.05, 0) is 67.5 Å². The van der Waals surface area contributed by atoms with E-state index in [1.54, 1.807) is 18.2 Å². The van der Waals surface area contributed by atoms with Crippen LogP contribution in [0.25, 0.3) is 0 Å². The first-order valence-corrected chi connectivity index (χ1v) is 10.7. The van der Waals surface area contributed by atoms with Crippen LogP contribution in [-0.4, -0.2) is 20.6 Å². The van der Waals surface area contributed by atoms with Crippen molar-refractivity contribution in [3.63, 3.8) is 0 Å². The van der Waals surface area contributed by atoms with Gasteiger partial charge in [0.2, 0.25) is 10.0 Å². The molecule has 1 amide bonds. The van der Waals surface area contributed by atoms with Crippen LogP contribution >= 0.6 is 0 Å². The van der Waals surface area contributed by atoms with Gasteiger partial charge in [-0.3, -0.25) is 9.52 Å². The minimum Gasteiger partial charge on any atom is -0.346 e. The van der Waals surface area contributed by atoms with Gasteiger partial charge in [-0.2, -0.15) is 0 Å². The van der Waals surface area contributed by atoms with Gasteiger partial charge in [0, 0.05) is 11.3 Å². The number of benzene rings is 2. The summed E-state index contributed by atoms with van der Waals surface area (Å²) in [6.45, 7) is 1.96. The lowest BCUT2D eigenvalue weighted by molar-refractivity contribution is 0.0940. The molecule has 0 fully saturated rings. The van der Waals surface area contributed by atoms with Crippen molar-refractivity contribution in [1.82, 2.24) is 5.32 Å². The summed E-state index contributed by atoms with van der Waals surface area (Å²) in [5.41, 5.74) is 4.68. The number of hydrogen-bond acceptors (Lipinski definition) is 3. The summed E-state index contributed by atoms with van der Waals surface area (Å²) in [6.07, 6.45) is 5.78. The average Bonchev–Trinajstić information content (AvgIpc) is 2.60. The molecule has 2 aromatic rings. The van der Waals surface area contributed by atoms with Crippen LogP contribution < -0.4 is 10.0 Å². The molecular formula is C20H24N2O3S. The Labute approximate surface area is 154 Å². The number of aryl methyl sites for hydroxylation is 2. The van der Waals surface area contributed by atoms with Gasteiger partial charge < -0.3 is 5.32 Å². The molecule has 0 heterocycles. The van der Waals surface area contributed by atoms with E-state index < -0.39 is 10.0 Å². The van der Waals surface area contributed by atoms with Gasteiger partial charge in [0.05, 0.1) is 12.3 Å². The van der Waals surface area contributed by atoms with E-state index in [1.807, 2.05) is 6.92 Å². The highest BCUT2D eigenvalue weighted by Crippen LogP contribution is 2.25.